The first-order valence-electron chi connectivity index (χ1n) is 7.85. The quantitative estimate of drug-likeness (QED) is 0.841. The van der Waals surface area contributed by atoms with Crippen LogP contribution < -0.4 is 0 Å². The summed E-state index contributed by atoms with van der Waals surface area (Å²) < 4.78 is 1.88. The number of nitrogens with zero attached hydrogens (tertiary/aromatic N) is 2. The van der Waals surface area contributed by atoms with Crippen molar-refractivity contribution in [2.75, 3.05) is 0 Å². The van der Waals surface area contributed by atoms with Gasteiger partial charge in [0.05, 0.1) is 11.6 Å². The van der Waals surface area contributed by atoms with Gasteiger partial charge in [-0.3, -0.25) is 9.48 Å². The Morgan fingerprint density at radius 3 is 2.57 bits per heavy atom. The number of aromatic nitrogens is 2. The van der Waals surface area contributed by atoms with Crippen molar-refractivity contribution in [1.82, 2.24) is 9.78 Å². The van der Waals surface area contributed by atoms with Gasteiger partial charge in [0, 0.05) is 19.2 Å². The van der Waals surface area contributed by atoms with E-state index in [2.05, 4.69) is 24.2 Å². The lowest BCUT2D eigenvalue weighted by atomic mass is 9.74. The van der Waals surface area contributed by atoms with Gasteiger partial charge in [-0.05, 0) is 30.9 Å². The third-order valence-electron chi connectivity index (χ3n) is 4.69. The van der Waals surface area contributed by atoms with Crippen molar-refractivity contribution in [3.8, 4) is 0 Å². The predicted octanol–water partition coefficient (Wildman–Crippen LogP) is 3.53. The van der Waals surface area contributed by atoms with Gasteiger partial charge in [0.2, 0.25) is 0 Å². The number of ketones is 1. The summed E-state index contributed by atoms with van der Waals surface area (Å²) in [6.45, 7) is 2.90. The third-order valence-corrected chi connectivity index (χ3v) is 4.69. The molecule has 0 N–H and O–H groups in total. The van der Waals surface area contributed by atoms with Crippen LogP contribution >= 0.6 is 0 Å². The average molecular weight is 282 g/mol. The minimum Gasteiger partial charge on any atom is -0.298 e. The largest absolute Gasteiger partial charge is 0.298 e. The highest BCUT2D eigenvalue weighted by atomic mass is 16.1. The highest BCUT2D eigenvalue weighted by Gasteiger charge is 2.41. The Hall–Kier alpha value is -1.90. The normalized spacial score (nSPS) is 17.0. The van der Waals surface area contributed by atoms with E-state index in [-0.39, 0.29) is 5.41 Å². The monoisotopic (exact) mass is 282 g/mol. The molecule has 0 atom stereocenters. The highest BCUT2D eigenvalue weighted by Crippen LogP contribution is 2.42. The Bertz CT molecular complexity index is 609. The molecule has 21 heavy (non-hydrogen) atoms. The van der Waals surface area contributed by atoms with Gasteiger partial charge in [0.15, 0.2) is 0 Å². The van der Waals surface area contributed by atoms with Crippen LogP contribution in [-0.4, -0.2) is 15.6 Å². The molecule has 1 aromatic heterocycles. The van der Waals surface area contributed by atoms with Gasteiger partial charge in [-0.1, -0.05) is 43.2 Å². The maximum Gasteiger partial charge on any atom is 0.147 e. The molecule has 0 aliphatic heterocycles. The van der Waals surface area contributed by atoms with Crippen LogP contribution in [-0.2, 0) is 23.2 Å². The first kappa shape index (κ1) is 14.1. The zero-order valence-electron chi connectivity index (χ0n) is 12.6. The van der Waals surface area contributed by atoms with Crippen LogP contribution in [0.4, 0.5) is 0 Å². The zero-order chi connectivity index (χ0) is 14.7. The molecular formula is C18H22N2O. The van der Waals surface area contributed by atoms with Gasteiger partial charge in [0.25, 0.3) is 0 Å². The number of hydrogen-bond donors (Lipinski definition) is 0. The fourth-order valence-corrected chi connectivity index (χ4v) is 3.49. The van der Waals surface area contributed by atoms with Gasteiger partial charge < -0.3 is 0 Å². The molecule has 0 unspecified atom stereocenters. The number of carbonyl (C=O) groups is 1. The molecule has 0 amide bonds. The number of carbonyl (C=O) groups excluding carboxylic acids is 1. The Morgan fingerprint density at radius 1 is 1.24 bits per heavy atom. The van der Waals surface area contributed by atoms with Crippen molar-refractivity contribution in [3.63, 3.8) is 0 Å². The van der Waals surface area contributed by atoms with E-state index in [1.54, 1.807) is 0 Å². The smallest absolute Gasteiger partial charge is 0.147 e. The van der Waals surface area contributed by atoms with Crippen molar-refractivity contribution in [1.29, 1.82) is 0 Å². The standard InChI is InChI=1S/C18H22N2O/c1-2-20-14-15(13-19-20)12-17(21)18(10-6-7-11-18)16-8-4-3-5-9-16/h3-5,8-9,13-14H,2,6-7,10-12H2,1H3. The van der Waals surface area contributed by atoms with Crippen LogP contribution in [0.3, 0.4) is 0 Å². The highest BCUT2D eigenvalue weighted by molar-refractivity contribution is 5.92. The summed E-state index contributed by atoms with van der Waals surface area (Å²) in [5.41, 5.74) is 1.95. The summed E-state index contributed by atoms with van der Waals surface area (Å²) in [6.07, 6.45) is 8.58. The maximum atomic E-state index is 13.0. The van der Waals surface area contributed by atoms with E-state index in [0.717, 1.165) is 37.8 Å². The van der Waals surface area contributed by atoms with Gasteiger partial charge in [-0.25, -0.2) is 0 Å². The molecule has 3 rings (SSSR count). The second-order valence-electron chi connectivity index (χ2n) is 5.96. The minimum atomic E-state index is -0.268. The molecule has 1 aliphatic carbocycles. The molecule has 1 aromatic carbocycles. The number of hydrogen-bond acceptors (Lipinski definition) is 2. The number of aryl methyl sites for hydroxylation is 1. The van der Waals surface area contributed by atoms with Gasteiger partial charge in [0.1, 0.15) is 5.78 Å². The van der Waals surface area contributed by atoms with Crippen LogP contribution in [0, 0.1) is 0 Å². The van der Waals surface area contributed by atoms with Crippen LogP contribution in [0.2, 0.25) is 0 Å². The molecule has 3 nitrogen and oxygen atoms in total. The van der Waals surface area contributed by atoms with E-state index in [9.17, 15) is 4.79 Å². The number of rotatable bonds is 5. The summed E-state index contributed by atoms with van der Waals surface area (Å²) >= 11 is 0. The molecular weight excluding hydrogens is 260 g/mol. The van der Waals surface area contributed by atoms with Crippen molar-refractivity contribution in [2.45, 2.75) is 51.0 Å². The fraction of sp³-hybridized carbons (Fsp3) is 0.444. The summed E-state index contributed by atoms with van der Waals surface area (Å²) in [7, 11) is 0. The van der Waals surface area contributed by atoms with Crippen molar-refractivity contribution >= 4 is 5.78 Å². The van der Waals surface area contributed by atoms with Crippen molar-refractivity contribution in [2.24, 2.45) is 0 Å². The van der Waals surface area contributed by atoms with E-state index in [1.165, 1.54) is 5.56 Å². The summed E-state index contributed by atoms with van der Waals surface area (Å²) in [6, 6.07) is 10.3. The first-order chi connectivity index (χ1) is 10.2. The van der Waals surface area contributed by atoms with E-state index in [0.29, 0.717) is 12.2 Å². The Balaban J connectivity index is 1.85. The van der Waals surface area contributed by atoms with Crippen molar-refractivity contribution < 1.29 is 4.79 Å². The van der Waals surface area contributed by atoms with Crippen LogP contribution in [0.5, 0.6) is 0 Å². The van der Waals surface area contributed by atoms with Gasteiger partial charge >= 0.3 is 0 Å². The third kappa shape index (κ3) is 2.65. The Kier molecular flexibility index (Phi) is 3.91. The van der Waals surface area contributed by atoms with Crippen LogP contribution in [0.15, 0.2) is 42.7 Å². The molecule has 2 aromatic rings. The van der Waals surface area contributed by atoms with Crippen LogP contribution in [0.25, 0.3) is 0 Å². The maximum absolute atomic E-state index is 13.0. The molecule has 0 radical (unpaired) electrons. The van der Waals surface area contributed by atoms with Crippen molar-refractivity contribution in [3.05, 3.63) is 53.9 Å². The molecule has 110 valence electrons. The van der Waals surface area contributed by atoms with Gasteiger partial charge in [-0.2, -0.15) is 5.10 Å². The molecule has 0 spiro atoms. The van der Waals surface area contributed by atoms with Crippen LogP contribution in [0.1, 0.15) is 43.7 Å². The Morgan fingerprint density at radius 2 is 1.95 bits per heavy atom. The lowest BCUT2D eigenvalue weighted by Gasteiger charge is -2.28. The summed E-state index contributed by atoms with van der Waals surface area (Å²) in [4.78, 5) is 13.0. The lowest BCUT2D eigenvalue weighted by molar-refractivity contribution is -0.123. The predicted molar refractivity (Wildman–Crippen MR) is 83.2 cm³/mol. The zero-order valence-corrected chi connectivity index (χ0v) is 12.6. The minimum absolute atomic E-state index is 0.268. The first-order valence-corrected chi connectivity index (χ1v) is 7.85. The molecule has 0 saturated heterocycles. The average Bonchev–Trinajstić information content (AvgIpc) is 3.18. The number of Topliss-reactive ketones (excluding diaryl/α,β-unsaturated/α-hetero) is 1. The SMILES string of the molecule is CCn1cc(CC(=O)C2(c3ccccc3)CCCC2)cn1. The van der Waals surface area contributed by atoms with Gasteiger partial charge in [-0.15, -0.1) is 0 Å². The van der Waals surface area contributed by atoms with E-state index >= 15 is 0 Å². The summed E-state index contributed by atoms with van der Waals surface area (Å²) in [5.74, 6) is 0.349. The fourth-order valence-electron chi connectivity index (χ4n) is 3.49. The summed E-state index contributed by atoms with van der Waals surface area (Å²) in [5, 5.41) is 4.27. The van der Waals surface area contributed by atoms with E-state index < -0.39 is 0 Å². The van der Waals surface area contributed by atoms with E-state index in [1.807, 2.05) is 35.3 Å². The second-order valence-corrected chi connectivity index (χ2v) is 5.96. The molecule has 1 fully saturated rings. The molecule has 1 aliphatic rings. The Labute approximate surface area is 126 Å². The molecule has 1 heterocycles. The lowest BCUT2D eigenvalue weighted by Crippen LogP contribution is -2.34. The second kappa shape index (κ2) is 5.84. The number of benzene rings is 1. The molecule has 0 bridgehead atoms. The topological polar surface area (TPSA) is 34.9 Å². The van der Waals surface area contributed by atoms with E-state index in [4.69, 9.17) is 0 Å². The molecule has 1 saturated carbocycles. The molecule has 3 heteroatoms.